The molecule has 1 amide bonds. The summed E-state index contributed by atoms with van der Waals surface area (Å²) in [6.45, 7) is 1.03. The van der Waals surface area contributed by atoms with Gasteiger partial charge in [-0.2, -0.15) is 4.31 Å². The average Bonchev–Trinajstić information content (AvgIpc) is 2.85. The van der Waals surface area contributed by atoms with Crippen molar-refractivity contribution in [2.75, 3.05) is 31.6 Å². The number of rotatable bonds is 6. The molecule has 3 aromatic rings. The highest BCUT2D eigenvalue weighted by molar-refractivity contribution is 7.89. The highest BCUT2D eigenvalue weighted by Gasteiger charge is 2.28. The van der Waals surface area contributed by atoms with Crippen molar-refractivity contribution in [3.05, 3.63) is 87.9 Å². The maximum atomic E-state index is 12.9. The molecule has 0 radical (unpaired) electrons. The maximum Gasteiger partial charge on any atom is 0.345 e. The van der Waals surface area contributed by atoms with Crippen molar-refractivity contribution in [2.24, 2.45) is 0 Å². The van der Waals surface area contributed by atoms with Crippen LogP contribution in [0.3, 0.4) is 0 Å². The van der Waals surface area contributed by atoms with Gasteiger partial charge in [-0.3, -0.25) is 4.79 Å². The Bertz CT molecular complexity index is 1370. The lowest BCUT2D eigenvalue weighted by molar-refractivity contribution is 0.0727. The van der Waals surface area contributed by atoms with E-state index in [1.165, 1.54) is 34.6 Å². The van der Waals surface area contributed by atoms with Gasteiger partial charge in [0.15, 0.2) is 0 Å². The Labute approximate surface area is 212 Å². The van der Waals surface area contributed by atoms with Crippen molar-refractivity contribution in [2.45, 2.75) is 4.90 Å². The first-order valence-corrected chi connectivity index (χ1v) is 12.7. The van der Waals surface area contributed by atoms with Crippen molar-refractivity contribution in [1.29, 1.82) is 0 Å². The molecule has 0 aromatic heterocycles. The summed E-state index contributed by atoms with van der Waals surface area (Å²) in [5, 5.41) is 3.03. The minimum atomic E-state index is -3.83. The minimum Gasteiger partial charge on any atom is -0.423 e. The number of carbonyl (C=O) groups is 2. The van der Waals surface area contributed by atoms with Crippen LogP contribution in [0.25, 0.3) is 0 Å². The number of hydrogen-bond donors (Lipinski definition) is 1. The zero-order valence-electron chi connectivity index (χ0n) is 18.2. The van der Waals surface area contributed by atoms with Crippen LogP contribution in [0.2, 0.25) is 10.0 Å². The Hall–Kier alpha value is -2.95. The number of halogens is 2. The summed E-state index contributed by atoms with van der Waals surface area (Å²) in [6, 6.07) is 16.6. The quantitative estimate of drug-likeness (QED) is 0.369. The Morgan fingerprint density at radius 2 is 1.60 bits per heavy atom. The van der Waals surface area contributed by atoms with E-state index in [0.717, 1.165) is 0 Å². The van der Waals surface area contributed by atoms with E-state index in [-0.39, 0.29) is 34.3 Å². The Morgan fingerprint density at radius 1 is 0.886 bits per heavy atom. The molecule has 0 atom stereocenters. The minimum absolute atomic E-state index is 0.0408. The highest BCUT2D eigenvalue weighted by atomic mass is 35.5. The number of hydrogen-bond acceptors (Lipinski definition) is 6. The zero-order chi connectivity index (χ0) is 25.0. The van der Waals surface area contributed by atoms with E-state index in [4.69, 9.17) is 32.7 Å². The average molecular weight is 535 g/mol. The van der Waals surface area contributed by atoms with Crippen LogP contribution in [-0.4, -0.2) is 50.9 Å². The van der Waals surface area contributed by atoms with Gasteiger partial charge in [0, 0.05) is 24.8 Å². The number of carbonyl (C=O) groups excluding carboxylic acids is 2. The smallest absolute Gasteiger partial charge is 0.345 e. The van der Waals surface area contributed by atoms with Gasteiger partial charge in [-0.15, -0.1) is 0 Å². The number of nitrogens with zero attached hydrogens (tertiary/aromatic N) is 1. The van der Waals surface area contributed by atoms with Crippen molar-refractivity contribution < 1.29 is 27.5 Å². The van der Waals surface area contributed by atoms with Gasteiger partial charge in [-0.05, 0) is 42.5 Å². The fourth-order valence-corrected chi connectivity index (χ4v) is 5.25. The van der Waals surface area contributed by atoms with Crippen molar-refractivity contribution in [3.63, 3.8) is 0 Å². The van der Waals surface area contributed by atoms with Gasteiger partial charge in [-0.1, -0.05) is 41.4 Å². The molecule has 0 spiro atoms. The molecule has 3 aromatic carbocycles. The number of sulfonamides is 1. The van der Waals surface area contributed by atoms with E-state index in [1.54, 1.807) is 36.4 Å². The number of benzene rings is 3. The van der Waals surface area contributed by atoms with E-state index >= 15 is 0 Å². The second-order valence-electron chi connectivity index (χ2n) is 7.51. The van der Waals surface area contributed by atoms with Crippen LogP contribution < -0.4 is 10.1 Å². The van der Waals surface area contributed by atoms with Gasteiger partial charge in [0.2, 0.25) is 10.0 Å². The molecule has 1 N–H and O–H groups in total. The number of anilines is 1. The molecule has 8 nitrogen and oxygen atoms in total. The summed E-state index contributed by atoms with van der Waals surface area (Å²) >= 11 is 12.2. The van der Waals surface area contributed by atoms with E-state index in [9.17, 15) is 18.0 Å². The van der Waals surface area contributed by atoms with Gasteiger partial charge < -0.3 is 14.8 Å². The summed E-state index contributed by atoms with van der Waals surface area (Å²) in [5.74, 6) is -1.14. The lowest BCUT2D eigenvalue weighted by Crippen LogP contribution is -2.40. The number of amides is 1. The third-order valence-corrected chi connectivity index (χ3v) is 7.74. The molecule has 1 heterocycles. The highest BCUT2D eigenvalue weighted by Crippen LogP contribution is 2.26. The van der Waals surface area contributed by atoms with Gasteiger partial charge in [-0.25, -0.2) is 13.2 Å². The Kier molecular flexibility index (Phi) is 7.73. The lowest BCUT2D eigenvalue weighted by Gasteiger charge is -2.26. The summed E-state index contributed by atoms with van der Waals surface area (Å²) in [5.41, 5.74) is 0.558. The number of esters is 1. The fourth-order valence-electron chi connectivity index (χ4n) is 3.40. The normalized spacial score (nSPS) is 14.3. The molecule has 0 unspecified atom stereocenters. The van der Waals surface area contributed by atoms with Crippen LogP contribution in [0.1, 0.15) is 20.7 Å². The predicted molar refractivity (Wildman–Crippen MR) is 132 cm³/mol. The third-order valence-electron chi connectivity index (χ3n) is 5.19. The van der Waals surface area contributed by atoms with Crippen LogP contribution in [0, 0.1) is 0 Å². The molecule has 1 fully saturated rings. The second kappa shape index (κ2) is 10.8. The third kappa shape index (κ3) is 5.83. The summed E-state index contributed by atoms with van der Waals surface area (Å²) in [4.78, 5) is 25.3. The van der Waals surface area contributed by atoms with E-state index < -0.39 is 21.9 Å². The molecule has 0 saturated carbocycles. The van der Waals surface area contributed by atoms with Crippen LogP contribution >= 0.6 is 23.2 Å². The van der Waals surface area contributed by atoms with E-state index in [1.807, 2.05) is 0 Å². The summed E-state index contributed by atoms with van der Waals surface area (Å²) < 4.78 is 37.8. The summed E-state index contributed by atoms with van der Waals surface area (Å²) in [6.07, 6.45) is 0. The molecule has 182 valence electrons. The van der Waals surface area contributed by atoms with Gasteiger partial charge in [0.05, 0.1) is 39.3 Å². The SMILES string of the molecule is O=C(Nc1cccc(OC(=O)c2cc(S(=O)(=O)N3CCOCC3)ccc2Cl)c1)c1ccccc1Cl. The van der Waals surface area contributed by atoms with Gasteiger partial charge in [0.25, 0.3) is 5.91 Å². The summed E-state index contributed by atoms with van der Waals surface area (Å²) in [7, 11) is -3.83. The molecule has 1 saturated heterocycles. The lowest BCUT2D eigenvalue weighted by atomic mass is 10.2. The molecule has 0 aliphatic carbocycles. The first-order chi connectivity index (χ1) is 16.8. The van der Waals surface area contributed by atoms with Crippen LogP contribution in [0.15, 0.2) is 71.6 Å². The van der Waals surface area contributed by atoms with E-state index in [2.05, 4.69) is 5.32 Å². The maximum absolute atomic E-state index is 12.9. The van der Waals surface area contributed by atoms with Crippen LogP contribution in [0.5, 0.6) is 5.75 Å². The number of nitrogens with one attached hydrogen (secondary N) is 1. The first kappa shape index (κ1) is 25.2. The number of ether oxygens (including phenoxy) is 2. The van der Waals surface area contributed by atoms with Crippen molar-refractivity contribution in [1.82, 2.24) is 4.31 Å². The van der Waals surface area contributed by atoms with Crippen LogP contribution in [0.4, 0.5) is 5.69 Å². The van der Waals surface area contributed by atoms with Crippen molar-refractivity contribution >= 4 is 50.8 Å². The topological polar surface area (TPSA) is 102 Å². The standard InChI is InChI=1S/C24H20Cl2N2O6S/c25-21-7-2-1-6-19(21)23(29)27-16-4-3-5-17(14-16)34-24(30)20-15-18(8-9-22(20)26)35(31,32)28-10-12-33-13-11-28/h1-9,14-15H,10-13H2,(H,27,29). The monoisotopic (exact) mass is 534 g/mol. The molecular formula is C24H20Cl2N2O6S. The Morgan fingerprint density at radius 3 is 2.34 bits per heavy atom. The Balaban J connectivity index is 1.52. The van der Waals surface area contributed by atoms with E-state index in [0.29, 0.717) is 29.5 Å². The first-order valence-electron chi connectivity index (χ1n) is 10.5. The molecule has 4 rings (SSSR count). The molecule has 0 bridgehead atoms. The number of morpholine rings is 1. The van der Waals surface area contributed by atoms with Gasteiger partial charge >= 0.3 is 5.97 Å². The molecular weight excluding hydrogens is 515 g/mol. The largest absolute Gasteiger partial charge is 0.423 e. The second-order valence-corrected chi connectivity index (χ2v) is 10.3. The van der Waals surface area contributed by atoms with Crippen LogP contribution in [-0.2, 0) is 14.8 Å². The molecule has 1 aliphatic heterocycles. The predicted octanol–water partition coefficient (Wildman–Crippen LogP) is 4.49. The molecule has 11 heteroatoms. The zero-order valence-corrected chi connectivity index (χ0v) is 20.6. The fraction of sp³-hybridized carbons (Fsp3) is 0.167. The molecule has 1 aliphatic rings. The van der Waals surface area contributed by atoms with Gasteiger partial charge in [0.1, 0.15) is 5.75 Å². The van der Waals surface area contributed by atoms with Crippen molar-refractivity contribution in [3.8, 4) is 5.75 Å². The molecule has 35 heavy (non-hydrogen) atoms.